The average molecular weight is 659 g/mol. The summed E-state index contributed by atoms with van der Waals surface area (Å²) in [6, 6.07) is 49.2. The van der Waals surface area contributed by atoms with Gasteiger partial charge >= 0.3 is 0 Å². The average Bonchev–Trinajstić information content (AvgIpc) is 3.81. The molecule has 7 aromatic carbocycles. The monoisotopic (exact) mass is 658 g/mol. The summed E-state index contributed by atoms with van der Waals surface area (Å²) in [5, 5.41) is 10.0. The Morgan fingerprint density at radius 3 is 1.71 bits per heavy atom. The van der Waals surface area contributed by atoms with E-state index in [9.17, 15) is 0 Å². The maximum atomic E-state index is 6.31. The molecule has 51 heavy (non-hydrogen) atoms. The van der Waals surface area contributed by atoms with Gasteiger partial charge in [0.2, 0.25) is 0 Å². The highest BCUT2D eigenvalue weighted by Crippen LogP contribution is 2.51. The number of fused-ring (bicyclic) bond motifs is 14. The molecule has 1 aliphatic carbocycles. The van der Waals surface area contributed by atoms with Crippen molar-refractivity contribution in [3.8, 4) is 11.4 Å². The van der Waals surface area contributed by atoms with Crippen molar-refractivity contribution in [2.45, 2.75) is 51.4 Å². The number of benzene rings is 7. The van der Waals surface area contributed by atoms with E-state index >= 15 is 0 Å². The van der Waals surface area contributed by atoms with Gasteiger partial charge in [0.05, 0.1) is 22.1 Å². The van der Waals surface area contributed by atoms with E-state index in [1.165, 1.54) is 84.0 Å². The van der Waals surface area contributed by atoms with Crippen LogP contribution in [0, 0.1) is 0 Å². The number of furan rings is 1. The van der Waals surface area contributed by atoms with Crippen LogP contribution in [0.15, 0.2) is 138 Å². The molecule has 0 amide bonds. The first-order valence-electron chi connectivity index (χ1n) is 18.2. The molecule has 3 heteroatoms. The Balaban J connectivity index is 1.42. The quantitative estimate of drug-likeness (QED) is 0.181. The Bertz CT molecular complexity index is 3080. The van der Waals surface area contributed by atoms with Crippen LogP contribution >= 0.6 is 0 Å². The molecule has 3 aromatic heterocycles. The zero-order valence-electron chi connectivity index (χ0n) is 29.4. The number of hydrogen-bond donors (Lipinski definition) is 0. The predicted molar refractivity (Wildman–Crippen MR) is 215 cm³/mol. The van der Waals surface area contributed by atoms with Crippen molar-refractivity contribution in [1.82, 2.24) is 9.13 Å². The minimum Gasteiger partial charge on any atom is -0.456 e. The molecule has 0 bridgehead atoms. The van der Waals surface area contributed by atoms with Crippen molar-refractivity contribution in [1.29, 1.82) is 0 Å². The van der Waals surface area contributed by atoms with Crippen LogP contribution in [0.2, 0.25) is 0 Å². The van der Waals surface area contributed by atoms with Gasteiger partial charge in [-0.2, -0.15) is 0 Å². The second-order valence-electron chi connectivity index (χ2n) is 16.0. The molecule has 0 N–H and O–H groups in total. The lowest BCUT2D eigenvalue weighted by Crippen LogP contribution is -2.33. The van der Waals surface area contributed by atoms with Crippen LogP contribution < -0.4 is 0 Å². The van der Waals surface area contributed by atoms with Crippen LogP contribution in [0.1, 0.15) is 51.7 Å². The lowest BCUT2D eigenvalue weighted by molar-refractivity contribution is 0.332. The first kappa shape index (κ1) is 29.0. The molecular formula is C48H38N2O. The van der Waals surface area contributed by atoms with Crippen LogP contribution in [0.25, 0.3) is 87.7 Å². The first-order valence-corrected chi connectivity index (χ1v) is 18.2. The van der Waals surface area contributed by atoms with Crippen LogP contribution in [0.3, 0.4) is 0 Å². The molecule has 3 nitrogen and oxygen atoms in total. The molecule has 0 fully saturated rings. The van der Waals surface area contributed by atoms with Crippen molar-refractivity contribution < 1.29 is 4.42 Å². The second-order valence-corrected chi connectivity index (χ2v) is 16.0. The lowest BCUT2D eigenvalue weighted by Gasteiger charge is -2.42. The highest BCUT2D eigenvalue weighted by molar-refractivity contribution is 6.36. The van der Waals surface area contributed by atoms with E-state index in [1.807, 2.05) is 6.07 Å². The van der Waals surface area contributed by atoms with Gasteiger partial charge in [-0.05, 0) is 100 Å². The highest BCUT2D eigenvalue weighted by Gasteiger charge is 2.38. The third kappa shape index (κ3) is 3.84. The Morgan fingerprint density at radius 2 is 0.980 bits per heavy atom. The molecule has 1 aliphatic rings. The molecule has 246 valence electrons. The Kier molecular flexibility index (Phi) is 5.64. The smallest absolute Gasteiger partial charge is 0.135 e. The fraction of sp³-hybridized carbons (Fsp3) is 0.167. The number of para-hydroxylation sites is 3. The zero-order valence-corrected chi connectivity index (χ0v) is 29.4. The Labute approximate surface area is 296 Å². The summed E-state index contributed by atoms with van der Waals surface area (Å²) in [6.07, 6.45) is 2.36. The van der Waals surface area contributed by atoms with E-state index < -0.39 is 0 Å². The van der Waals surface area contributed by atoms with Gasteiger partial charge in [-0.15, -0.1) is 0 Å². The standard InChI is InChI=1S/C48H38N2O/c1-47(2)24-25-48(3,4)38-28-40-36(27-37(38)47)44-33-18-9-8-17-32(33)43-34-19-10-12-20-39(34)50(45(43)46(44)49(40)29-14-6-5-7-15-29)30-22-23-42-35(26-30)31-16-11-13-21-41(31)51-42/h5-23,26-28H,24-25H2,1-4H3. The second kappa shape index (κ2) is 9.92. The van der Waals surface area contributed by atoms with Crippen LogP contribution in [-0.2, 0) is 10.8 Å². The third-order valence-electron chi connectivity index (χ3n) is 12.1. The molecule has 10 aromatic rings. The Morgan fingerprint density at radius 1 is 0.431 bits per heavy atom. The zero-order chi connectivity index (χ0) is 34.2. The number of hydrogen-bond acceptors (Lipinski definition) is 1. The third-order valence-corrected chi connectivity index (χ3v) is 12.1. The SMILES string of the molecule is CC1(C)CCC(C)(C)c2cc3c(cc21)c1c2ccccc2c2c4ccccc4n(-c4ccc5oc6ccccc6c5c4)c2c1n3-c1ccccc1. The van der Waals surface area contributed by atoms with Gasteiger partial charge in [0.15, 0.2) is 0 Å². The number of nitrogens with zero attached hydrogens (tertiary/aromatic N) is 2. The van der Waals surface area contributed by atoms with E-state index in [0.29, 0.717) is 0 Å². The van der Waals surface area contributed by atoms with Crippen molar-refractivity contribution in [3.05, 3.63) is 145 Å². The summed E-state index contributed by atoms with van der Waals surface area (Å²) in [6.45, 7) is 9.74. The van der Waals surface area contributed by atoms with Crippen molar-refractivity contribution in [2.75, 3.05) is 0 Å². The number of rotatable bonds is 2. The maximum absolute atomic E-state index is 6.31. The normalized spacial score (nSPS) is 15.6. The first-order chi connectivity index (χ1) is 24.8. The molecule has 0 radical (unpaired) electrons. The van der Waals surface area contributed by atoms with Gasteiger partial charge in [0, 0.05) is 43.7 Å². The molecule has 0 aliphatic heterocycles. The summed E-state index contributed by atoms with van der Waals surface area (Å²) in [7, 11) is 0. The Hall–Kier alpha value is -5.80. The maximum Gasteiger partial charge on any atom is 0.135 e. The minimum atomic E-state index is 0.0894. The van der Waals surface area contributed by atoms with E-state index in [2.05, 4.69) is 164 Å². The highest BCUT2D eigenvalue weighted by atomic mass is 16.3. The largest absolute Gasteiger partial charge is 0.456 e. The van der Waals surface area contributed by atoms with Crippen LogP contribution in [0.4, 0.5) is 0 Å². The molecular weight excluding hydrogens is 621 g/mol. The van der Waals surface area contributed by atoms with Crippen molar-refractivity contribution >= 4 is 76.3 Å². The molecule has 3 heterocycles. The predicted octanol–water partition coefficient (Wildman–Crippen LogP) is 13.3. The summed E-state index contributed by atoms with van der Waals surface area (Å²) >= 11 is 0. The minimum absolute atomic E-state index is 0.0894. The van der Waals surface area contributed by atoms with Gasteiger partial charge in [0.25, 0.3) is 0 Å². The van der Waals surface area contributed by atoms with Crippen molar-refractivity contribution in [3.63, 3.8) is 0 Å². The molecule has 0 atom stereocenters. The lowest BCUT2D eigenvalue weighted by atomic mass is 9.63. The molecule has 11 rings (SSSR count). The summed E-state index contributed by atoms with van der Waals surface area (Å²) in [4.78, 5) is 0. The molecule has 0 saturated carbocycles. The fourth-order valence-electron chi connectivity index (χ4n) is 9.47. The number of aromatic nitrogens is 2. The topological polar surface area (TPSA) is 23.0 Å². The van der Waals surface area contributed by atoms with Gasteiger partial charge in [0.1, 0.15) is 11.2 Å². The summed E-state index contributed by atoms with van der Waals surface area (Å²) in [5.74, 6) is 0. The fourth-order valence-corrected chi connectivity index (χ4v) is 9.47. The summed E-state index contributed by atoms with van der Waals surface area (Å²) < 4.78 is 11.4. The summed E-state index contributed by atoms with van der Waals surface area (Å²) in [5.41, 5.74) is 12.2. The van der Waals surface area contributed by atoms with E-state index in [0.717, 1.165) is 27.6 Å². The van der Waals surface area contributed by atoms with E-state index in [1.54, 1.807) is 0 Å². The van der Waals surface area contributed by atoms with E-state index in [-0.39, 0.29) is 10.8 Å². The molecule has 0 spiro atoms. The molecule has 0 unspecified atom stereocenters. The molecule has 0 saturated heterocycles. The van der Waals surface area contributed by atoms with Gasteiger partial charge in [-0.1, -0.05) is 107 Å². The van der Waals surface area contributed by atoms with Gasteiger partial charge in [-0.3, -0.25) is 0 Å². The van der Waals surface area contributed by atoms with Gasteiger partial charge < -0.3 is 13.6 Å². The van der Waals surface area contributed by atoms with Gasteiger partial charge in [-0.25, -0.2) is 0 Å². The van der Waals surface area contributed by atoms with E-state index in [4.69, 9.17) is 4.42 Å². The van der Waals surface area contributed by atoms with Crippen LogP contribution in [-0.4, -0.2) is 9.13 Å². The van der Waals surface area contributed by atoms with Crippen LogP contribution in [0.5, 0.6) is 0 Å². The van der Waals surface area contributed by atoms with Crippen molar-refractivity contribution in [2.24, 2.45) is 0 Å².